The first-order valence-corrected chi connectivity index (χ1v) is 22.1. The Balaban J connectivity index is 1.28. The first-order valence-electron chi connectivity index (χ1n) is 20.4. The van der Waals surface area contributed by atoms with Gasteiger partial charge in [-0.15, -0.1) is 18.9 Å². The quantitative estimate of drug-likeness (QED) is 0.126. The highest BCUT2D eigenvalue weighted by Gasteiger charge is 2.74. The Bertz CT molecular complexity index is 1840. The molecule has 4 N–H and O–H groups in total. The largest absolute Gasteiger partial charge is 0.346 e. The van der Waals surface area contributed by atoms with Crippen LogP contribution in [0.4, 0.5) is 4.79 Å². The van der Waals surface area contributed by atoms with Crippen LogP contribution in [0, 0.1) is 35.5 Å². The number of piperidine rings is 1. The average Bonchev–Trinajstić information content (AvgIpc) is 3.64. The highest BCUT2D eigenvalue weighted by atomic mass is 32.2. The number of sulfone groups is 1. The van der Waals surface area contributed by atoms with E-state index in [1.807, 2.05) is 24.3 Å². The van der Waals surface area contributed by atoms with E-state index in [2.05, 4.69) is 33.8 Å². The Kier molecular flexibility index (Phi) is 12.1. The topological polar surface area (TPSA) is 171 Å². The molecule has 0 radical (unpaired) electrons. The molecule has 304 valence electrons. The van der Waals surface area contributed by atoms with Crippen molar-refractivity contribution in [2.75, 3.05) is 18.8 Å². The summed E-state index contributed by atoms with van der Waals surface area (Å²) >= 11 is 0. The summed E-state index contributed by atoms with van der Waals surface area (Å²) in [5, 5.41) is 11.4. The van der Waals surface area contributed by atoms with E-state index in [4.69, 9.17) is 6.42 Å². The second-order valence-corrected chi connectivity index (χ2v) is 20.6. The van der Waals surface area contributed by atoms with Gasteiger partial charge >= 0.3 is 6.03 Å². The van der Waals surface area contributed by atoms with Crippen LogP contribution < -0.4 is 21.3 Å². The molecule has 1 aromatic carbocycles. The van der Waals surface area contributed by atoms with E-state index < -0.39 is 61.9 Å². The Morgan fingerprint density at radius 2 is 1.61 bits per heavy atom. The number of ketones is 1. The van der Waals surface area contributed by atoms with Gasteiger partial charge in [0.1, 0.15) is 12.1 Å². The van der Waals surface area contributed by atoms with Crippen LogP contribution in [-0.2, 0) is 41.9 Å². The van der Waals surface area contributed by atoms with Crippen molar-refractivity contribution in [3.05, 3.63) is 48.0 Å². The smallest absolute Gasteiger partial charge is 0.315 e. The van der Waals surface area contributed by atoms with Crippen molar-refractivity contribution >= 4 is 39.4 Å². The van der Waals surface area contributed by atoms with Gasteiger partial charge in [0.2, 0.25) is 17.6 Å². The highest BCUT2D eigenvalue weighted by molar-refractivity contribution is 7.92. The molecule has 2 unspecified atom stereocenters. The van der Waals surface area contributed by atoms with Gasteiger partial charge in [-0.05, 0) is 100 Å². The third-order valence-corrected chi connectivity index (χ3v) is 16.2. The molecule has 6 rings (SSSR count). The number of carbonyl (C=O) groups is 5. The molecule has 1 saturated heterocycles. The molecule has 5 amide bonds. The van der Waals surface area contributed by atoms with Gasteiger partial charge in [0.15, 0.2) is 9.84 Å². The molecule has 1 aromatic rings. The maximum atomic E-state index is 15.1. The third-order valence-electron chi connectivity index (χ3n) is 13.4. The average molecular weight is 790 g/mol. The van der Waals surface area contributed by atoms with Gasteiger partial charge in [-0.1, -0.05) is 62.4 Å². The predicted molar refractivity (Wildman–Crippen MR) is 214 cm³/mol. The van der Waals surface area contributed by atoms with Crippen molar-refractivity contribution in [3.8, 4) is 12.3 Å². The molecule has 1 aliphatic heterocycles. The zero-order valence-corrected chi connectivity index (χ0v) is 34.0. The van der Waals surface area contributed by atoms with Crippen molar-refractivity contribution in [3.63, 3.8) is 0 Å². The van der Waals surface area contributed by atoms with Gasteiger partial charge in [-0.25, -0.2) is 13.2 Å². The van der Waals surface area contributed by atoms with E-state index in [-0.39, 0.29) is 54.2 Å². The fourth-order valence-electron chi connectivity index (χ4n) is 10.3. The number of nitrogens with zero attached hydrogens (tertiary/aromatic N) is 1. The van der Waals surface area contributed by atoms with E-state index in [9.17, 15) is 27.6 Å². The van der Waals surface area contributed by atoms with E-state index in [1.165, 1.54) is 6.08 Å². The number of terminal acetylenes is 1. The van der Waals surface area contributed by atoms with Crippen molar-refractivity contribution in [2.45, 2.75) is 133 Å². The van der Waals surface area contributed by atoms with Gasteiger partial charge in [-0.3, -0.25) is 19.2 Å². The standard InChI is InChI=1S/C43H59N5O7S/c1-6-8-18-32(36(49)38(51)44-23-7-2)45-37(50)35-33-31(43(33)21-14-15-22-43)26-48(35)39(52)34(30-24-28-16-10-11-17-29(28)25-30)46-40(53)47-42(19-12-9-13-20-42)27-56(54,55)41(3,4)5/h1,7,10-11,16-17,30-35H,2,8-9,12-15,18-27H2,3-5H3,(H,44,51)(H,45,50)(H2,46,47,53)/t31?,32?,33-,34-,35-/m0/s1. The zero-order chi connectivity index (χ0) is 40.5. The Morgan fingerprint density at radius 3 is 2.20 bits per heavy atom. The van der Waals surface area contributed by atoms with Gasteiger partial charge in [0, 0.05) is 19.5 Å². The predicted octanol–water partition coefficient (Wildman–Crippen LogP) is 3.77. The number of benzene rings is 1. The summed E-state index contributed by atoms with van der Waals surface area (Å²) in [6.45, 7) is 9.00. The van der Waals surface area contributed by atoms with E-state index in [0.717, 1.165) is 56.1 Å². The SMILES string of the molecule is C#CCCC(NC(=O)[C@@H]1[C@@H]2C(CN1C(=O)[C@@H](NC(=O)NC1(CS(=O)(=O)C(C)(C)C)CCCCC1)C1Cc3ccccc3C1)C21CCCC1)C(=O)C(=O)NCC=C. The molecular formula is C43H59N5O7S. The second kappa shape index (κ2) is 16.4. The summed E-state index contributed by atoms with van der Waals surface area (Å²) in [5.74, 6) is -0.602. The number of nitrogens with one attached hydrogen (secondary N) is 4. The molecule has 5 atom stereocenters. The van der Waals surface area contributed by atoms with Gasteiger partial charge in [0.05, 0.1) is 22.1 Å². The number of carbonyl (C=O) groups excluding carboxylic acids is 5. The van der Waals surface area contributed by atoms with Crippen LogP contribution in [0.15, 0.2) is 36.9 Å². The number of amides is 5. The first kappa shape index (κ1) is 41.5. The van der Waals surface area contributed by atoms with Crippen LogP contribution in [0.2, 0.25) is 0 Å². The first-order chi connectivity index (χ1) is 26.6. The lowest BCUT2D eigenvalue weighted by molar-refractivity contribution is -0.144. The Labute approximate surface area is 332 Å². The van der Waals surface area contributed by atoms with Crippen molar-refractivity contribution in [1.82, 2.24) is 26.2 Å². The van der Waals surface area contributed by atoms with Crippen LogP contribution in [0.1, 0.15) is 103 Å². The number of urea groups is 1. The summed E-state index contributed by atoms with van der Waals surface area (Å²) in [4.78, 5) is 71.4. The Morgan fingerprint density at radius 1 is 0.982 bits per heavy atom. The van der Waals surface area contributed by atoms with Crippen LogP contribution in [-0.4, -0.2) is 90.1 Å². The van der Waals surface area contributed by atoms with Crippen molar-refractivity contribution in [1.29, 1.82) is 0 Å². The fraction of sp³-hybridized carbons (Fsp3) is 0.651. The fourth-order valence-corrected chi connectivity index (χ4v) is 11.8. The summed E-state index contributed by atoms with van der Waals surface area (Å²) in [7, 11) is -3.60. The van der Waals surface area contributed by atoms with Crippen LogP contribution >= 0.6 is 0 Å². The lowest BCUT2D eigenvalue weighted by Crippen LogP contribution is -2.63. The van der Waals surface area contributed by atoms with Crippen molar-refractivity contribution < 1.29 is 32.4 Å². The normalized spacial score (nSPS) is 24.5. The number of rotatable bonds is 14. The summed E-state index contributed by atoms with van der Waals surface area (Å²) in [5.41, 5.74) is 1.13. The van der Waals surface area contributed by atoms with E-state index in [1.54, 1.807) is 25.7 Å². The highest BCUT2D eigenvalue weighted by Crippen LogP contribution is 2.72. The number of hydrogen-bond donors (Lipinski definition) is 4. The number of Topliss-reactive ketones (excluding diaryl/α,β-unsaturated/α-hetero) is 1. The summed E-state index contributed by atoms with van der Waals surface area (Å²) < 4.78 is 26.0. The molecule has 1 heterocycles. The minimum Gasteiger partial charge on any atom is -0.346 e. The van der Waals surface area contributed by atoms with Crippen LogP contribution in [0.3, 0.4) is 0 Å². The molecular weight excluding hydrogens is 731 g/mol. The molecule has 5 aliphatic rings. The molecule has 0 bridgehead atoms. The number of fused-ring (bicyclic) bond motifs is 4. The molecule has 4 fully saturated rings. The monoisotopic (exact) mass is 789 g/mol. The van der Waals surface area contributed by atoms with E-state index in [0.29, 0.717) is 32.2 Å². The van der Waals surface area contributed by atoms with Gasteiger partial charge in [0.25, 0.3) is 5.91 Å². The lowest BCUT2D eigenvalue weighted by Gasteiger charge is -2.40. The minimum absolute atomic E-state index is 0.0554. The molecule has 0 aromatic heterocycles. The molecule has 1 spiro atoms. The second-order valence-electron chi connectivity index (χ2n) is 17.9. The molecule has 3 saturated carbocycles. The Hall–Kier alpha value is -4.18. The molecule has 12 nitrogen and oxygen atoms in total. The van der Waals surface area contributed by atoms with Gasteiger partial charge < -0.3 is 26.2 Å². The molecule has 56 heavy (non-hydrogen) atoms. The van der Waals surface area contributed by atoms with Crippen LogP contribution in [0.25, 0.3) is 0 Å². The number of likely N-dealkylation sites (tertiary alicyclic amines) is 1. The lowest BCUT2D eigenvalue weighted by atomic mass is 9.83. The molecule has 13 heteroatoms. The van der Waals surface area contributed by atoms with Gasteiger partial charge in [-0.2, -0.15) is 0 Å². The summed E-state index contributed by atoms with van der Waals surface area (Å²) in [6.07, 6.45) is 15.8. The maximum absolute atomic E-state index is 15.1. The number of hydrogen-bond acceptors (Lipinski definition) is 7. The zero-order valence-electron chi connectivity index (χ0n) is 33.2. The summed E-state index contributed by atoms with van der Waals surface area (Å²) in [6, 6.07) is 4.24. The van der Waals surface area contributed by atoms with Crippen molar-refractivity contribution in [2.24, 2.45) is 23.2 Å². The van der Waals surface area contributed by atoms with E-state index >= 15 is 4.79 Å². The third kappa shape index (κ3) is 8.27. The minimum atomic E-state index is -3.60. The van der Waals surface area contributed by atoms with Crippen LogP contribution in [0.5, 0.6) is 0 Å². The maximum Gasteiger partial charge on any atom is 0.315 e. The molecule has 4 aliphatic carbocycles.